The maximum Gasteiger partial charge on any atom is 0.323 e. The Morgan fingerprint density at radius 3 is 1.60 bits per heavy atom. The van der Waals surface area contributed by atoms with Crippen LogP contribution in [0.2, 0.25) is 5.02 Å². The van der Waals surface area contributed by atoms with E-state index in [2.05, 4.69) is 41.9 Å². The van der Waals surface area contributed by atoms with Crippen molar-refractivity contribution in [2.24, 2.45) is 0 Å². The van der Waals surface area contributed by atoms with E-state index in [-0.39, 0.29) is 44.3 Å². The minimum atomic E-state index is -0.792. The molecule has 0 aliphatic rings. The molecule has 0 atom stereocenters. The molecule has 0 fully saturated rings. The van der Waals surface area contributed by atoms with Gasteiger partial charge < -0.3 is 41.0 Å². The van der Waals surface area contributed by atoms with Crippen LogP contribution < -0.4 is 43.0 Å². The number of amides is 4. The number of nitrogens with one attached hydrogen (secondary N) is 6. The van der Waals surface area contributed by atoms with Crippen molar-refractivity contribution in [1.29, 1.82) is 0 Å². The Morgan fingerprint density at radius 2 is 1.07 bits per heavy atom. The summed E-state index contributed by atoms with van der Waals surface area (Å²) < 4.78 is 45.9. The number of carbonyl (C=O) groups is 2. The number of halogens is 4. The Kier molecular flexibility index (Phi) is 14.2. The van der Waals surface area contributed by atoms with Gasteiger partial charge in [0.15, 0.2) is 0 Å². The molecule has 0 unspecified atom stereocenters. The molecule has 18 heteroatoms. The highest BCUT2D eigenvalue weighted by Crippen LogP contribution is 2.33. The van der Waals surface area contributed by atoms with Gasteiger partial charge in [-0.1, -0.05) is 35.9 Å². The number of fused-ring (bicyclic) bond motifs is 2. The third-order valence-corrected chi connectivity index (χ3v) is 11.0. The average Bonchev–Trinajstić information content (AvgIpc) is 3.31. The Labute approximate surface area is 386 Å². The second-order valence-electron chi connectivity index (χ2n) is 15.0. The van der Waals surface area contributed by atoms with Gasteiger partial charge in [0.2, 0.25) is 0 Å². The van der Waals surface area contributed by atoms with E-state index in [0.717, 1.165) is 23.0 Å². The minimum absolute atomic E-state index is 0.00694. The van der Waals surface area contributed by atoms with Crippen LogP contribution in [0.15, 0.2) is 125 Å². The zero-order valence-electron chi connectivity index (χ0n) is 36.8. The summed E-state index contributed by atoms with van der Waals surface area (Å²) in [5, 5.41) is 17.4. The van der Waals surface area contributed by atoms with Crippen molar-refractivity contribution in [2.75, 3.05) is 46.0 Å². The first kappa shape index (κ1) is 46.8. The molecule has 0 spiro atoms. The quantitative estimate of drug-likeness (QED) is 0.0785. The van der Waals surface area contributed by atoms with Gasteiger partial charge in [-0.15, -0.1) is 0 Å². The largest absolute Gasteiger partial charge is 0.373 e. The first-order chi connectivity index (χ1) is 32.2. The highest BCUT2D eigenvalue weighted by atomic mass is 35.5. The number of nitrogens with zero attached hydrogens (tertiary/aromatic N) is 4. The lowest BCUT2D eigenvalue weighted by Gasteiger charge is -2.15. The van der Waals surface area contributed by atoms with Gasteiger partial charge >= 0.3 is 12.1 Å². The molecule has 4 aromatic carbocycles. The van der Waals surface area contributed by atoms with Gasteiger partial charge in [-0.25, -0.2) is 32.7 Å². The molecule has 8 rings (SSSR count). The summed E-state index contributed by atoms with van der Waals surface area (Å²) in [7, 11) is 3.50. The number of pyridine rings is 4. The fourth-order valence-electron chi connectivity index (χ4n) is 7.40. The SMILES string of the molecule is CCn1c(=O)c(-c2cc(NC(=O)Nc3cccc(F)c3)c(F)cc2Cl)cc2cnc(NC)cc21.CCn1c(=O)c(-c2cc(NC(=O)Nc3ccccc3)c(F)cc2C)cc2cnc(NC)cc21. The van der Waals surface area contributed by atoms with Crippen LogP contribution in [0.25, 0.3) is 44.1 Å². The highest BCUT2D eigenvalue weighted by molar-refractivity contribution is 6.33. The number of anilines is 6. The molecule has 6 N–H and O–H groups in total. The van der Waals surface area contributed by atoms with Crippen LogP contribution in [-0.4, -0.2) is 45.3 Å². The fourth-order valence-corrected chi connectivity index (χ4v) is 7.65. The smallest absolute Gasteiger partial charge is 0.323 e. The van der Waals surface area contributed by atoms with E-state index in [0.29, 0.717) is 58.0 Å². The number of benzene rings is 4. The van der Waals surface area contributed by atoms with Crippen molar-refractivity contribution < 1.29 is 22.8 Å². The van der Waals surface area contributed by atoms with E-state index in [9.17, 15) is 32.3 Å². The van der Waals surface area contributed by atoms with Gasteiger partial charge in [0.05, 0.1) is 27.4 Å². The van der Waals surface area contributed by atoms with Crippen molar-refractivity contribution in [1.82, 2.24) is 19.1 Å². The molecule has 0 aliphatic carbocycles. The summed E-state index contributed by atoms with van der Waals surface area (Å²) >= 11 is 6.30. The Bertz CT molecular complexity index is 3310. The van der Waals surface area contributed by atoms with E-state index >= 15 is 0 Å². The molecule has 8 aromatic rings. The predicted molar refractivity (Wildman–Crippen MR) is 261 cm³/mol. The average molecular weight is 929 g/mol. The van der Waals surface area contributed by atoms with Crippen molar-refractivity contribution >= 4 is 79.9 Å². The summed E-state index contributed by atoms with van der Waals surface area (Å²) in [6.07, 6.45) is 3.32. The van der Waals surface area contributed by atoms with Crippen molar-refractivity contribution in [3.05, 3.63) is 164 Å². The third-order valence-electron chi connectivity index (χ3n) is 10.7. The van der Waals surface area contributed by atoms with Gasteiger partial charge in [0.25, 0.3) is 11.1 Å². The lowest BCUT2D eigenvalue weighted by molar-refractivity contribution is 0.261. The van der Waals surface area contributed by atoms with Crippen LogP contribution >= 0.6 is 11.6 Å². The first-order valence-electron chi connectivity index (χ1n) is 20.9. The zero-order valence-corrected chi connectivity index (χ0v) is 37.6. The molecule has 0 saturated carbocycles. The number of hydrogen-bond acceptors (Lipinski definition) is 8. The normalized spacial score (nSPS) is 10.8. The van der Waals surface area contributed by atoms with Crippen molar-refractivity contribution in [2.45, 2.75) is 33.9 Å². The summed E-state index contributed by atoms with van der Waals surface area (Å²) in [5.41, 5.74) is 3.48. The predicted octanol–water partition coefficient (Wildman–Crippen LogP) is 10.9. The number of hydrogen-bond donors (Lipinski definition) is 6. The second-order valence-corrected chi connectivity index (χ2v) is 15.4. The maximum atomic E-state index is 14.7. The van der Waals surface area contributed by atoms with E-state index in [1.807, 2.05) is 26.0 Å². The van der Waals surface area contributed by atoms with E-state index in [1.54, 1.807) is 85.0 Å². The second kappa shape index (κ2) is 20.3. The van der Waals surface area contributed by atoms with E-state index < -0.39 is 29.5 Å². The third kappa shape index (κ3) is 10.4. The zero-order chi connectivity index (χ0) is 47.9. The van der Waals surface area contributed by atoms with Gasteiger partial charge in [-0.05, 0) is 98.6 Å². The van der Waals surface area contributed by atoms with E-state index in [4.69, 9.17) is 11.6 Å². The highest BCUT2D eigenvalue weighted by Gasteiger charge is 2.20. The minimum Gasteiger partial charge on any atom is -0.373 e. The lowest BCUT2D eigenvalue weighted by Crippen LogP contribution is -2.22. The summed E-state index contributed by atoms with van der Waals surface area (Å²) in [5.74, 6) is -0.641. The molecule has 0 saturated heterocycles. The Balaban J connectivity index is 0.000000199. The van der Waals surface area contributed by atoms with Gasteiger partial charge in [-0.2, -0.15) is 0 Å². The number of aryl methyl sites for hydroxylation is 3. The van der Waals surface area contributed by atoms with Crippen LogP contribution in [0.4, 0.5) is 57.1 Å². The van der Waals surface area contributed by atoms with Crippen molar-refractivity contribution in [3.63, 3.8) is 0 Å². The van der Waals surface area contributed by atoms with Crippen LogP contribution in [0.3, 0.4) is 0 Å². The molecular formula is C49H44ClF3N10O4. The molecule has 4 aromatic heterocycles. The molecule has 0 bridgehead atoms. The van der Waals surface area contributed by atoms with Crippen LogP contribution in [0.1, 0.15) is 19.4 Å². The topological polar surface area (TPSA) is 176 Å². The number of carbonyl (C=O) groups excluding carboxylic acids is 2. The summed E-state index contributed by atoms with van der Waals surface area (Å²) in [6, 6.07) is 24.9. The Hall–Kier alpha value is -8.18. The van der Waals surface area contributed by atoms with Gasteiger partial charge in [0, 0.05) is 90.5 Å². The molecule has 14 nitrogen and oxygen atoms in total. The molecular weight excluding hydrogens is 885 g/mol. The molecule has 0 radical (unpaired) electrons. The maximum absolute atomic E-state index is 14.7. The number of aromatic nitrogens is 4. The number of rotatable bonds is 10. The summed E-state index contributed by atoms with van der Waals surface area (Å²) in [6.45, 7) is 6.30. The summed E-state index contributed by atoms with van der Waals surface area (Å²) in [4.78, 5) is 60.0. The monoisotopic (exact) mass is 928 g/mol. The molecule has 4 amide bonds. The van der Waals surface area contributed by atoms with Crippen LogP contribution in [-0.2, 0) is 13.1 Å². The molecule has 0 aliphatic heterocycles. The van der Waals surface area contributed by atoms with Crippen LogP contribution in [0, 0.1) is 24.4 Å². The first-order valence-corrected chi connectivity index (χ1v) is 21.3. The van der Waals surface area contributed by atoms with Crippen LogP contribution in [0.5, 0.6) is 0 Å². The van der Waals surface area contributed by atoms with E-state index in [1.165, 1.54) is 36.4 Å². The molecule has 67 heavy (non-hydrogen) atoms. The van der Waals surface area contributed by atoms with Gasteiger partial charge in [-0.3, -0.25) is 9.59 Å². The fraction of sp³-hybridized carbons (Fsp3) is 0.143. The lowest BCUT2D eigenvalue weighted by atomic mass is 9.99. The number of para-hydroxylation sites is 1. The molecule has 342 valence electrons. The van der Waals surface area contributed by atoms with Gasteiger partial charge in [0.1, 0.15) is 29.1 Å². The van der Waals surface area contributed by atoms with Crippen molar-refractivity contribution in [3.8, 4) is 22.3 Å². The Morgan fingerprint density at radius 1 is 0.582 bits per heavy atom. The standard InChI is InChI=1S/C25H24FN5O2.C24H20ClF2N5O2/c1-4-31-22-13-23(27-3)28-14-16(22)11-19(24(31)32)18-12-21(20(26)10-15(18)2)30-25(33)29-17-8-6-5-7-9-17;1-3-32-21-11-22(28-2)29-12-13(21)7-17(23(32)33)16-9-20(19(27)10-18(16)25)31-24(34)30-15-6-4-5-14(26)8-15/h5-14H,4H2,1-3H3,(H,27,28)(H2,29,30,33);4-12H,3H2,1-2H3,(H,28,29)(H2,30,31,34). The number of urea groups is 2. The molecule has 4 heterocycles.